The average Bonchev–Trinajstić information content (AvgIpc) is 2.79. The second kappa shape index (κ2) is 8.49. The number of rotatable bonds is 3. The summed E-state index contributed by atoms with van der Waals surface area (Å²) < 4.78 is 38.1. The second-order valence-electron chi connectivity index (χ2n) is 7.65. The molecule has 1 aromatic carbocycles. The zero-order chi connectivity index (χ0) is 21.1. The lowest BCUT2D eigenvalue weighted by Gasteiger charge is -2.35. The van der Waals surface area contributed by atoms with Crippen LogP contribution in [0.2, 0.25) is 0 Å². The van der Waals surface area contributed by atoms with E-state index in [1.165, 1.54) is 31.4 Å². The molecule has 0 spiro atoms. The van der Waals surface area contributed by atoms with Crippen LogP contribution in [0.1, 0.15) is 35.2 Å². The van der Waals surface area contributed by atoms with Gasteiger partial charge in [0.25, 0.3) is 5.91 Å². The number of benzene rings is 1. The minimum Gasteiger partial charge on any atom is -0.355 e. The van der Waals surface area contributed by atoms with E-state index in [2.05, 4.69) is 20.0 Å². The van der Waals surface area contributed by atoms with Gasteiger partial charge in [-0.2, -0.15) is 13.2 Å². The summed E-state index contributed by atoms with van der Waals surface area (Å²) in [5.41, 5.74) is -0.488. The van der Waals surface area contributed by atoms with Gasteiger partial charge in [-0.3, -0.25) is 4.79 Å². The summed E-state index contributed by atoms with van der Waals surface area (Å²) in [7, 11) is 0. The number of alkyl halides is 3. The topological polar surface area (TPSA) is 52.6 Å². The van der Waals surface area contributed by atoms with Crippen molar-refractivity contribution in [1.82, 2.24) is 15.1 Å². The fourth-order valence-corrected chi connectivity index (χ4v) is 3.90. The third-order valence-corrected chi connectivity index (χ3v) is 5.67. The summed E-state index contributed by atoms with van der Waals surface area (Å²) >= 11 is 0. The third kappa shape index (κ3) is 4.49. The Morgan fingerprint density at radius 2 is 1.27 bits per heavy atom. The van der Waals surface area contributed by atoms with Gasteiger partial charge in [0.05, 0.1) is 5.56 Å². The van der Waals surface area contributed by atoms with Crippen molar-refractivity contribution in [2.24, 2.45) is 0 Å². The van der Waals surface area contributed by atoms with Gasteiger partial charge >= 0.3 is 6.18 Å². The summed E-state index contributed by atoms with van der Waals surface area (Å²) in [5, 5.41) is 8.73. The van der Waals surface area contributed by atoms with Gasteiger partial charge in [-0.25, -0.2) is 0 Å². The number of hydrogen-bond acceptors (Lipinski definition) is 5. The smallest absolute Gasteiger partial charge is 0.355 e. The van der Waals surface area contributed by atoms with Crippen LogP contribution in [-0.2, 0) is 6.18 Å². The molecule has 9 heteroatoms. The molecule has 0 bridgehead atoms. The molecule has 0 radical (unpaired) electrons. The molecule has 2 aliphatic heterocycles. The van der Waals surface area contributed by atoms with Gasteiger partial charge in [0.2, 0.25) is 0 Å². The molecule has 0 unspecified atom stereocenters. The molecule has 3 heterocycles. The van der Waals surface area contributed by atoms with E-state index in [9.17, 15) is 18.0 Å². The molecule has 0 atom stereocenters. The Hall–Kier alpha value is -2.84. The first kappa shape index (κ1) is 20.4. The quantitative estimate of drug-likeness (QED) is 0.763. The molecular weight excluding hydrogens is 395 g/mol. The molecule has 30 heavy (non-hydrogen) atoms. The number of carbonyl (C=O) groups is 1. The van der Waals surface area contributed by atoms with Crippen LogP contribution in [0.25, 0.3) is 0 Å². The standard InChI is InChI=1S/C21H24F3N5O/c22-21(23,24)17-6-4-16(5-7-17)20(30)29-14-12-28(13-15-29)19-9-8-18(25-26-19)27-10-2-1-3-11-27/h4-9H,1-3,10-15H2. The van der Waals surface area contributed by atoms with Crippen molar-refractivity contribution in [3.05, 3.63) is 47.5 Å². The first-order valence-electron chi connectivity index (χ1n) is 10.2. The Labute approximate surface area is 173 Å². The molecule has 2 fully saturated rings. The lowest BCUT2D eigenvalue weighted by Crippen LogP contribution is -2.49. The zero-order valence-corrected chi connectivity index (χ0v) is 16.6. The van der Waals surface area contributed by atoms with Gasteiger partial charge in [0, 0.05) is 44.8 Å². The highest BCUT2D eigenvalue weighted by atomic mass is 19.4. The third-order valence-electron chi connectivity index (χ3n) is 5.67. The summed E-state index contributed by atoms with van der Waals surface area (Å²) in [6, 6.07) is 8.33. The van der Waals surface area contributed by atoms with Crippen LogP contribution in [0.5, 0.6) is 0 Å². The molecule has 160 valence electrons. The van der Waals surface area contributed by atoms with Crippen LogP contribution in [0.4, 0.5) is 24.8 Å². The SMILES string of the molecule is O=C(c1ccc(C(F)(F)F)cc1)N1CCN(c2ccc(N3CCCCC3)nn2)CC1. The van der Waals surface area contributed by atoms with Crippen LogP contribution < -0.4 is 9.80 Å². The van der Waals surface area contributed by atoms with Crippen molar-refractivity contribution in [1.29, 1.82) is 0 Å². The lowest BCUT2D eigenvalue weighted by molar-refractivity contribution is -0.137. The highest BCUT2D eigenvalue weighted by Gasteiger charge is 2.31. The summed E-state index contributed by atoms with van der Waals surface area (Å²) in [6.07, 6.45) is -0.786. The monoisotopic (exact) mass is 419 g/mol. The van der Waals surface area contributed by atoms with E-state index in [0.717, 1.165) is 36.9 Å². The Kier molecular flexibility index (Phi) is 5.78. The van der Waals surface area contributed by atoms with Crippen molar-refractivity contribution in [2.75, 3.05) is 49.1 Å². The normalized spacial score (nSPS) is 17.9. The molecule has 2 aromatic rings. The molecule has 0 aliphatic carbocycles. The predicted molar refractivity (Wildman–Crippen MR) is 108 cm³/mol. The van der Waals surface area contributed by atoms with E-state index >= 15 is 0 Å². The van der Waals surface area contributed by atoms with E-state index in [4.69, 9.17) is 0 Å². The van der Waals surface area contributed by atoms with Crippen LogP contribution in [-0.4, -0.2) is 60.3 Å². The van der Waals surface area contributed by atoms with E-state index in [-0.39, 0.29) is 11.5 Å². The number of piperazine rings is 1. The maximum absolute atomic E-state index is 12.7. The fourth-order valence-electron chi connectivity index (χ4n) is 3.90. The number of nitrogens with zero attached hydrogens (tertiary/aromatic N) is 5. The number of carbonyl (C=O) groups excluding carboxylic acids is 1. The van der Waals surface area contributed by atoms with Crippen LogP contribution in [0.3, 0.4) is 0 Å². The number of anilines is 2. The molecule has 1 aromatic heterocycles. The van der Waals surface area contributed by atoms with Crippen molar-refractivity contribution >= 4 is 17.5 Å². The van der Waals surface area contributed by atoms with Crippen molar-refractivity contribution in [3.8, 4) is 0 Å². The molecule has 2 aliphatic rings. The zero-order valence-electron chi connectivity index (χ0n) is 16.6. The van der Waals surface area contributed by atoms with Crippen molar-refractivity contribution in [3.63, 3.8) is 0 Å². The predicted octanol–water partition coefficient (Wildman–Crippen LogP) is 3.45. The second-order valence-corrected chi connectivity index (χ2v) is 7.65. The highest BCUT2D eigenvalue weighted by Crippen LogP contribution is 2.29. The summed E-state index contributed by atoms with van der Waals surface area (Å²) in [4.78, 5) is 18.6. The number of piperidine rings is 1. The van der Waals surface area contributed by atoms with E-state index < -0.39 is 11.7 Å². The van der Waals surface area contributed by atoms with E-state index in [0.29, 0.717) is 26.2 Å². The summed E-state index contributed by atoms with van der Waals surface area (Å²) in [6.45, 7) is 4.19. The first-order chi connectivity index (χ1) is 14.4. The Bertz CT molecular complexity index is 856. The van der Waals surface area contributed by atoms with Gasteiger partial charge in [0.1, 0.15) is 0 Å². The number of amides is 1. The molecule has 6 nitrogen and oxygen atoms in total. The Morgan fingerprint density at radius 3 is 1.77 bits per heavy atom. The fraction of sp³-hybridized carbons (Fsp3) is 0.476. The van der Waals surface area contributed by atoms with Crippen molar-refractivity contribution < 1.29 is 18.0 Å². The average molecular weight is 419 g/mol. The molecule has 0 N–H and O–H groups in total. The number of hydrogen-bond donors (Lipinski definition) is 0. The van der Waals surface area contributed by atoms with Gasteiger partial charge in [-0.15, -0.1) is 10.2 Å². The van der Waals surface area contributed by atoms with Gasteiger partial charge in [-0.05, 0) is 55.7 Å². The molecule has 2 saturated heterocycles. The number of aromatic nitrogens is 2. The maximum atomic E-state index is 12.7. The molecule has 4 rings (SSSR count). The van der Waals surface area contributed by atoms with Gasteiger partial charge in [-0.1, -0.05) is 0 Å². The number of halogens is 3. The largest absolute Gasteiger partial charge is 0.416 e. The van der Waals surface area contributed by atoms with Gasteiger partial charge < -0.3 is 14.7 Å². The van der Waals surface area contributed by atoms with Crippen molar-refractivity contribution in [2.45, 2.75) is 25.4 Å². The van der Waals surface area contributed by atoms with Crippen LogP contribution >= 0.6 is 0 Å². The Balaban J connectivity index is 1.33. The van der Waals surface area contributed by atoms with E-state index in [1.54, 1.807) is 4.90 Å². The molecule has 1 amide bonds. The molecule has 0 saturated carbocycles. The Morgan fingerprint density at radius 1 is 0.733 bits per heavy atom. The minimum absolute atomic E-state index is 0.255. The first-order valence-corrected chi connectivity index (χ1v) is 10.2. The highest BCUT2D eigenvalue weighted by molar-refractivity contribution is 5.94. The minimum atomic E-state index is -4.40. The van der Waals surface area contributed by atoms with E-state index in [1.807, 2.05) is 12.1 Å². The van der Waals surface area contributed by atoms with Crippen LogP contribution in [0.15, 0.2) is 36.4 Å². The van der Waals surface area contributed by atoms with Crippen LogP contribution in [0, 0.1) is 0 Å². The summed E-state index contributed by atoms with van der Waals surface area (Å²) in [5.74, 6) is 1.42. The van der Waals surface area contributed by atoms with Gasteiger partial charge in [0.15, 0.2) is 11.6 Å². The maximum Gasteiger partial charge on any atom is 0.416 e. The molecular formula is C21H24F3N5O. The lowest BCUT2D eigenvalue weighted by atomic mass is 10.1.